The van der Waals surface area contributed by atoms with E-state index >= 15 is 0 Å². The number of benzene rings is 2. The Kier molecular flexibility index (Phi) is 6.53. The quantitative estimate of drug-likeness (QED) is 0.759. The Balaban J connectivity index is 1.52. The molecule has 1 fully saturated rings. The largest absolute Gasteiger partial charge is 0.497 e. The number of aryl methyl sites for hydroxylation is 1. The van der Waals surface area contributed by atoms with E-state index in [9.17, 15) is 0 Å². The first-order valence-electron chi connectivity index (χ1n) is 9.44. The first-order chi connectivity index (χ1) is 12.7. The van der Waals surface area contributed by atoms with Gasteiger partial charge < -0.3 is 9.47 Å². The summed E-state index contributed by atoms with van der Waals surface area (Å²) in [5.41, 5.74) is 4.06. The average Bonchev–Trinajstić information content (AvgIpc) is 2.69. The maximum Gasteiger partial charge on any atom is 0.122 e. The highest BCUT2D eigenvalue weighted by atomic mass is 16.5. The molecule has 0 aromatic heterocycles. The Bertz CT molecular complexity index is 670. The van der Waals surface area contributed by atoms with E-state index in [0.717, 1.165) is 57.2 Å². The van der Waals surface area contributed by atoms with Gasteiger partial charge in [-0.05, 0) is 35.2 Å². The summed E-state index contributed by atoms with van der Waals surface area (Å²) >= 11 is 0. The van der Waals surface area contributed by atoms with Gasteiger partial charge in [0, 0.05) is 45.3 Å². The van der Waals surface area contributed by atoms with Gasteiger partial charge in [-0.1, -0.05) is 31.2 Å². The minimum Gasteiger partial charge on any atom is -0.497 e. The molecule has 0 amide bonds. The molecule has 4 heteroatoms. The van der Waals surface area contributed by atoms with Crippen molar-refractivity contribution in [3.8, 4) is 11.5 Å². The lowest BCUT2D eigenvalue weighted by molar-refractivity contribution is 0.122. The third-order valence-electron chi connectivity index (χ3n) is 5.12. The number of hydrogen-bond acceptors (Lipinski definition) is 4. The average molecular weight is 354 g/mol. The monoisotopic (exact) mass is 354 g/mol. The van der Waals surface area contributed by atoms with Gasteiger partial charge in [0.1, 0.15) is 11.5 Å². The lowest BCUT2D eigenvalue weighted by Gasteiger charge is -2.34. The fraction of sp³-hybridized carbons (Fsp3) is 0.455. The summed E-state index contributed by atoms with van der Waals surface area (Å²) in [5.74, 6) is 1.71. The predicted octanol–water partition coefficient (Wildman–Crippen LogP) is 3.58. The van der Waals surface area contributed by atoms with Crippen LogP contribution in [0.25, 0.3) is 0 Å². The zero-order valence-corrected chi connectivity index (χ0v) is 16.2. The first-order valence-corrected chi connectivity index (χ1v) is 9.44. The molecule has 140 valence electrons. The second-order valence-electron chi connectivity index (χ2n) is 6.94. The highest BCUT2D eigenvalue weighted by molar-refractivity contribution is 5.38. The van der Waals surface area contributed by atoms with Gasteiger partial charge in [-0.25, -0.2) is 0 Å². The number of hydrogen-bond donors (Lipinski definition) is 0. The van der Waals surface area contributed by atoms with E-state index in [1.54, 1.807) is 14.2 Å². The maximum atomic E-state index is 5.38. The lowest BCUT2D eigenvalue weighted by Crippen LogP contribution is -2.45. The topological polar surface area (TPSA) is 24.9 Å². The van der Waals surface area contributed by atoms with Crippen LogP contribution in [0.2, 0.25) is 0 Å². The summed E-state index contributed by atoms with van der Waals surface area (Å²) in [6.45, 7) is 8.58. The molecule has 2 aromatic carbocycles. The van der Waals surface area contributed by atoms with Crippen molar-refractivity contribution in [3.63, 3.8) is 0 Å². The normalized spacial score (nSPS) is 15.8. The molecular formula is C22H30N2O2. The molecule has 1 heterocycles. The van der Waals surface area contributed by atoms with E-state index in [2.05, 4.69) is 53.1 Å². The summed E-state index contributed by atoms with van der Waals surface area (Å²) in [6, 6.07) is 15.2. The van der Waals surface area contributed by atoms with Crippen molar-refractivity contribution >= 4 is 0 Å². The van der Waals surface area contributed by atoms with Crippen molar-refractivity contribution in [2.75, 3.05) is 40.4 Å². The van der Waals surface area contributed by atoms with E-state index < -0.39 is 0 Å². The van der Waals surface area contributed by atoms with Crippen molar-refractivity contribution < 1.29 is 9.47 Å². The molecule has 4 nitrogen and oxygen atoms in total. The first kappa shape index (κ1) is 18.7. The summed E-state index contributed by atoms with van der Waals surface area (Å²) in [6.07, 6.45) is 1.11. The van der Waals surface area contributed by atoms with Crippen molar-refractivity contribution in [1.29, 1.82) is 0 Å². The van der Waals surface area contributed by atoms with Crippen molar-refractivity contribution in [2.24, 2.45) is 0 Å². The molecule has 26 heavy (non-hydrogen) atoms. The van der Waals surface area contributed by atoms with E-state index in [-0.39, 0.29) is 0 Å². The molecule has 0 bridgehead atoms. The van der Waals surface area contributed by atoms with Gasteiger partial charge in [-0.2, -0.15) is 0 Å². The minimum atomic E-state index is 0.855. The molecule has 0 unspecified atom stereocenters. The molecule has 0 aliphatic carbocycles. The zero-order valence-electron chi connectivity index (χ0n) is 16.2. The molecule has 1 aliphatic rings. The smallest absolute Gasteiger partial charge is 0.122 e. The third kappa shape index (κ3) is 4.99. The molecule has 0 atom stereocenters. The van der Waals surface area contributed by atoms with Gasteiger partial charge in [-0.3, -0.25) is 9.80 Å². The Morgan fingerprint density at radius 2 is 1.15 bits per heavy atom. The number of piperazine rings is 1. The Labute approximate surface area is 157 Å². The van der Waals surface area contributed by atoms with Crippen LogP contribution in [0.5, 0.6) is 11.5 Å². The van der Waals surface area contributed by atoms with Gasteiger partial charge in [0.25, 0.3) is 0 Å². The molecule has 1 aliphatic heterocycles. The van der Waals surface area contributed by atoms with E-state index in [1.165, 1.54) is 16.7 Å². The van der Waals surface area contributed by atoms with Crippen LogP contribution in [0.1, 0.15) is 23.6 Å². The van der Waals surface area contributed by atoms with Crippen molar-refractivity contribution in [3.05, 3.63) is 59.2 Å². The van der Waals surface area contributed by atoms with E-state index in [0.29, 0.717) is 0 Å². The van der Waals surface area contributed by atoms with E-state index in [4.69, 9.17) is 9.47 Å². The molecular weight excluding hydrogens is 324 g/mol. The molecule has 0 radical (unpaired) electrons. The van der Waals surface area contributed by atoms with Crippen LogP contribution in [-0.2, 0) is 19.5 Å². The predicted molar refractivity (Wildman–Crippen MR) is 106 cm³/mol. The Morgan fingerprint density at radius 3 is 1.62 bits per heavy atom. The molecule has 0 saturated carbocycles. The number of nitrogens with zero attached hydrogens (tertiary/aromatic N) is 2. The molecule has 3 rings (SSSR count). The van der Waals surface area contributed by atoms with Crippen molar-refractivity contribution in [2.45, 2.75) is 26.4 Å². The summed E-state index contributed by atoms with van der Waals surface area (Å²) < 4.78 is 10.8. The highest BCUT2D eigenvalue weighted by Crippen LogP contribution is 2.24. The van der Waals surface area contributed by atoms with Crippen LogP contribution in [0.4, 0.5) is 0 Å². The Hall–Kier alpha value is -2.04. The van der Waals surface area contributed by atoms with Gasteiger partial charge >= 0.3 is 0 Å². The van der Waals surface area contributed by atoms with Crippen LogP contribution < -0.4 is 9.47 Å². The number of methoxy groups -OCH3 is 2. The number of ether oxygens (including phenoxy) is 2. The van der Waals surface area contributed by atoms with E-state index in [1.807, 2.05) is 6.07 Å². The molecule has 1 saturated heterocycles. The van der Waals surface area contributed by atoms with Crippen molar-refractivity contribution in [1.82, 2.24) is 9.80 Å². The second kappa shape index (κ2) is 9.06. The second-order valence-corrected chi connectivity index (χ2v) is 6.94. The molecule has 0 spiro atoms. The number of rotatable bonds is 7. The standard InChI is InChI=1S/C22H30N2O2/c1-4-18-5-7-19(8-6-18)16-23-9-11-24(12-10-23)17-20-13-21(25-2)15-22(14-20)26-3/h5-8,13-15H,4,9-12,16-17H2,1-3H3. The van der Waals surface area contributed by atoms with Crippen LogP contribution in [0.15, 0.2) is 42.5 Å². The fourth-order valence-corrected chi connectivity index (χ4v) is 3.46. The van der Waals surface area contributed by atoms with Crippen LogP contribution in [0, 0.1) is 0 Å². The van der Waals surface area contributed by atoms with Crippen LogP contribution in [0.3, 0.4) is 0 Å². The zero-order chi connectivity index (χ0) is 18.4. The van der Waals surface area contributed by atoms with Crippen LogP contribution >= 0.6 is 0 Å². The van der Waals surface area contributed by atoms with Gasteiger partial charge in [0.05, 0.1) is 14.2 Å². The molecule has 2 aromatic rings. The lowest BCUT2D eigenvalue weighted by atomic mass is 10.1. The fourth-order valence-electron chi connectivity index (χ4n) is 3.46. The summed E-state index contributed by atoms with van der Waals surface area (Å²) in [4.78, 5) is 5.05. The van der Waals surface area contributed by atoms with Gasteiger partial charge in [-0.15, -0.1) is 0 Å². The maximum absolute atomic E-state index is 5.38. The molecule has 0 N–H and O–H groups in total. The SMILES string of the molecule is CCc1ccc(CN2CCN(Cc3cc(OC)cc(OC)c3)CC2)cc1. The third-order valence-corrected chi connectivity index (χ3v) is 5.12. The van der Waals surface area contributed by atoms with Gasteiger partial charge in [0.2, 0.25) is 0 Å². The summed E-state index contributed by atoms with van der Waals surface area (Å²) in [7, 11) is 3.40. The summed E-state index contributed by atoms with van der Waals surface area (Å²) in [5, 5.41) is 0. The Morgan fingerprint density at radius 1 is 0.692 bits per heavy atom. The van der Waals surface area contributed by atoms with Crippen LogP contribution in [-0.4, -0.2) is 50.2 Å². The highest BCUT2D eigenvalue weighted by Gasteiger charge is 2.17. The van der Waals surface area contributed by atoms with Gasteiger partial charge in [0.15, 0.2) is 0 Å². The minimum absolute atomic E-state index is 0.855.